The van der Waals surface area contributed by atoms with Crippen LogP contribution in [0.5, 0.6) is 0 Å². The van der Waals surface area contributed by atoms with Gasteiger partial charge in [0.1, 0.15) is 6.04 Å². The maximum Gasteiger partial charge on any atom is 0.320 e. The summed E-state index contributed by atoms with van der Waals surface area (Å²) in [4.78, 5) is 11.3. The highest BCUT2D eigenvalue weighted by Crippen LogP contribution is 2.22. The lowest BCUT2D eigenvalue weighted by atomic mass is 10.0. The maximum absolute atomic E-state index is 11.3. The molecule has 0 saturated heterocycles. The van der Waals surface area contributed by atoms with Crippen LogP contribution in [0.15, 0.2) is 4.47 Å². The first-order valence-electron chi connectivity index (χ1n) is 7.10. The number of nitrogens with one attached hydrogen (secondary N) is 1. The molecule has 0 aromatic carbocycles. The van der Waals surface area contributed by atoms with E-state index >= 15 is 0 Å². The average molecular weight is 346 g/mol. The number of aliphatic carboxylic acids is 1. The van der Waals surface area contributed by atoms with Crippen LogP contribution in [0.1, 0.15) is 45.5 Å². The predicted octanol–water partition coefficient (Wildman–Crippen LogP) is 2.82. The molecule has 0 amide bonds. The van der Waals surface area contributed by atoms with Crippen molar-refractivity contribution in [2.75, 3.05) is 0 Å². The standard InChI is InChI=1S/C14H24BrN3O2/c1-5-10-13(15)12(18(6-2)17-10)8-16-11(14(19)20)7-9(3)4/h9,11,16H,5-8H2,1-4H3,(H,19,20). The number of aromatic nitrogens is 2. The van der Waals surface area contributed by atoms with Crippen LogP contribution in [0.2, 0.25) is 0 Å². The van der Waals surface area contributed by atoms with E-state index in [2.05, 4.69) is 33.3 Å². The van der Waals surface area contributed by atoms with Crippen molar-refractivity contribution in [3.05, 3.63) is 15.9 Å². The molecular formula is C14H24BrN3O2. The molecule has 0 spiro atoms. The normalized spacial score (nSPS) is 12.9. The second-order valence-electron chi connectivity index (χ2n) is 5.28. The van der Waals surface area contributed by atoms with E-state index in [4.69, 9.17) is 0 Å². The van der Waals surface area contributed by atoms with E-state index in [1.165, 1.54) is 0 Å². The zero-order valence-electron chi connectivity index (χ0n) is 12.6. The predicted molar refractivity (Wildman–Crippen MR) is 82.7 cm³/mol. The smallest absolute Gasteiger partial charge is 0.320 e. The highest BCUT2D eigenvalue weighted by atomic mass is 79.9. The number of hydrogen-bond acceptors (Lipinski definition) is 3. The van der Waals surface area contributed by atoms with Gasteiger partial charge in [-0.3, -0.25) is 14.8 Å². The van der Waals surface area contributed by atoms with Crippen LogP contribution in [-0.4, -0.2) is 26.9 Å². The third kappa shape index (κ3) is 4.31. The lowest BCUT2D eigenvalue weighted by molar-refractivity contribution is -0.140. The van der Waals surface area contributed by atoms with E-state index in [1.807, 2.05) is 25.5 Å². The number of aryl methyl sites for hydroxylation is 2. The van der Waals surface area contributed by atoms with Crippen LogP contribution in [0.3, 0.4) is 0 Å². The Morgan fingerprint density at radius 2 is 2.10 bits per heavy atom. The number of hydrogen-bond donors (Lipinski definition) is 2. The van der Waals surface area contributed by atoms with Gasteiger partial charge in [-0.25, -0.2) is 0 Å². The van der Waals surface area contributed by atoms with Gasteiger partial charge in [-0.05, 0) is 41.6 Å². The zero-order valence-corrected chi connectivity index (χ0v) is 14.2. The summed E-state index contributed by atoms with van der Waals surface area (Å²) in [6.07, 6.45) is 1.47. The minimum atomic E-state index is -0.798. The summed E-state index contributed by atoms with van der Waals surface area (Å²) >= 11 is 3.57. The molecule has 0 aliphatic carbocycles. The van der Waals surface area contributed by atoms with Crippen molar-refractivity contribution in [1.82, 2.24) is 15.1 Å². The zero-order chi connectivity index (χ0) is 15.3. The van der Waals surface area contributed by atoms with Crippen molar-refractivity contribution in [2.45, 2.75) is 59.7 Å². The Bertz CT molecular complexity index is 458. The molecule has 2 N–H and O–H groups in total. The number of carboxylic acids is 1. The van der Waals surface area contributed by atoms with Crippen LogP contribution < -0.4 is 5.32 Å². The minimum Gasteiger partial charge on any atom is -0.480 e. The van der Waals surface area contributed by atoms with Crippen LogP contribution in [0, 0.1) is 5.92 Å². The van der Waals surface area contributed by atoms with Crippen LogP contribution in [0.4, 0.5) is 0 Å². The van der Waals surface area contributed by atoms with Gasteiger partial charge in [0.15, 0.2) is 0 Å². The molecule has 1 unspecified atom stereocenters. The highest BCUT2D eigenvalue weighted by molar-refractivity contribution is 9.10. The molecule has 5 nitrogen and oxygen atoms in total. The second kappa shape index (κ2) is 7.78. The van der Waals surface area contributed by atoms with Crippen molar-refractivity contribution in [3.63, 3.8) is 0 Å². The molecule has 20 heavy (non-hydrogen) atoms. The Balaban J connectivity index is 2.82. The number of carboxylic acid groups (broad SMARTS) is 1. The third-order valence-corrected chi connectivity index (χ3v) is 4.13. The first-order valence-corrected chi connectivity index (χ1v) is 7.90. The van der Waals surface area contributed by atoms with E-state index in [1.54, 1.807) is 0 Å². The highest BCUT2D eigenvalue weighted by Gasteiger charge is 2.20. The summed E-state index contributed by atoms with van der Waals surface area (Å²) in [6, 6.07) is -0.521. The van der Waals surface area contributed by atoms with E-state index in [-0.39, 0.29) is 0 Å². The van der Waals surface area contributed by atoms with Gasteiger partial charge in [-0.15, -0.1) is 0 Å². The molecule has 6 heteroatoms. The third-order valence-electron chi connectivity index (χ3n) is 3.22. The Labute approximate surface area is 128 Å². The second-order valence-corrected chi connectivity index (χ2v) is 6.07. The van der Waals surface area contributed by atoms with E-state index in [0.717, 1.165) is 28.8 Å². The molecule has 1 aromatic heterocycles. The van der Waals surface area contributed by atoms with Gasteiger partial charge in [-0.1, -0.05) is 20.8 Å². The van der Waals surface area contributed by atoms with Crippen LogP contribution in [-0.2, 0) is 24.3 Å². The van der Waals surface area contributed by atoms with E-state index in [0.29, 0.717) is 18.9 Å². The number of carbonyl (C=O) groups is 1. The van der Waals surface area contributed by atoms with E-state index < -0.39 is 12.0 Å². The SMILES string of the molecule is CCc1nn(CC)c(CNC(CC(C)C)C(=O)O)c1Br. The molecule has 1 atom stereocenters. The summed E-state index contributed by atoms with van der Waals surface area (Å²) in [6.45, 7) is 9.43. The molecule has 0 aliphatic rings. The summed E-state index contributed by atoms with van der Waals surface area (Å²) in [7, 11) is 0. The Morgan fingerprint density at radius 3 is 2.55 bits per heavy atom. The molecule has 1 rings (SSSR count). The summed E-state index contributed by atoms with van der Waals surface area (Å²) < 4.78 is 2.91. The monoisotopic (exact) mass is 345 g/mol. The molecule has 0 aliphatic heterocycles. The summed E-state index contributed by atoms with van der Waals surface area (Å²) in [5.74, 6) is -0.456. The van der Waals surface area contributed by atoms with Crippen LogP contribution in [0.25, 0.3) is 0 Å². The van der Waals surface area contributed by atoms with Gasteiger partial charge < -0.3 is 5.11 Å². The first kappa shape index (κ1) is 17.2. The van der Waals surface area contributed by atoms with Crippen molar-refractivity contribution in [1.29, 1.82) is 0 Å². The van der Waals surface area contributed by atoms with Crippen molar-refractivity contribution in [2.24, 2.45) is 5.92 Å². The van der Waals surface area contributed by atoms with Crippen molar-refractivity contribution in [3.8, 4) is 0 Å². The number of nitrogens with zero attached hydrogens (tertiary/aromatic N) is 2. The van der Waals surface area contributed by atoms with Gasteiger partial charge >= 0.3 is 5.97 Å². The molecular weight excluding hydrogens is 322 g/mol. The fourth-order valence-corrected chi connectivity index (χ4v) is 2.85. The average Bonchev–Trinajstić information content (AvgIpc) is 2.69. The Kier molecular flexibility index (Phi) is 6.68. The molecule has 0 fully saturated rings. The van der Waals surface area contributed by atoms with Gasteiger partial charge in [0.05, 0.1) is 15.9 Å². The lowest BCUT2D eigenvalue weighted by Crippen LogP contribution is -2.37. The Hall–Kier alpha value is -0.880. The molecule has 0 bridgehead atoms. The largest absolute Gasteiger partial charge is 0.480 e. The Morgan fingerprint density at radius 1 is 1.45 bits per heavy atom. The van der Waals surface area contributed by atoms with Crippen molar-refractivity contribution < 1.29 is 9.90 Å². The fourth-order valence-electron chi connectivity index (χ4n) is 2.15. The van der Waals surface area contributed by atoms with Crippen LogP contribution >= 0.6 is 15.9 Å². The molecule has 0 saturated carbocycles. The topological polar surface area (TPSA) is 67.2 Å². The number of halogens is 1. The quantitative estimate of drug-likeness (QED) is 0.760. The first-order chi connectivity index (χ1) is 9.40. The molecule has 0 radical (unpaired) electrons. The molecule has 114 valence electrons. The summed E-state index contributed by atoms with van der Waals surface area (Å²) in [5, 5.41) is 16.9. The molecule has 1 heterocycles. The molecule has 1 aromatic rings. The summed E-state index contributed by atoms with van der Waals surface area (Å²) in [5.41, 5.74) is 2.03. The van der Waals surface area contributed by atoms with Gasteiger partial charge in [0.2, 0.25) is 0 Å². The lowest BCUT2D eigenvalue weighted by Gasteiger charge is -2.17. The van der Waals surface area contributed by atoms with Gasteiger partial charge in [0, 0.05) is 13.1 Å². The fraction of sp³-hybridized carbons (Fsp3) is 0.714. The van der Waals surface area contributed by atoms with Gasteiger partial charge in [-0.2, -0.15) is 5.10 Å². The minimum absolute atomic E-state index is 0.342. The maximum atomic E-state index is 11.3. The number of rotatable bonds is 8. The van der Waals surface area contributed by atoms with E-state index in [9.17, 15) is 9.90 Å². The van der Waals surface area contributed by atoms with Gasteiger partial charge in [0.25, 0.3) is 0 Å². The van der Waals surface area contributed by atoms with Crippen molar-refractivity contribution >= 4 is 21.9 Å².